The maximum Gasteiger partial charge on any atom is 0.313 e. The molecule has 9 nitrogen and oxygen atoms in total. The summed E-state index contributed by atoms with van der Waals surface area (Å²) >= 11 is 0. The van der Waals surface area contributed by atoms with Gasteiger partial charge in [-0.1, -0.05) is 30.3 Å². The summed E-state index contributed by atoms with van der Waals surface area (Å²) in [4.78, 5) is 27.6. The molecule has 0 saturated heterocycles. The highest BCUT2D eigenvalue weighted by atomic mass is 32.2. The Morgan fingerprint density at radius 2 is 1.72 bits per heavy atom. The molecule has 10 heteroatoms. The summed E-state index contributed by atoms with van der Waals surface area (Å²) in [6.07, 6.45) is -0.112. The molecule has 1 aromatic heterocycles. The van der Waals surface area contributed by atoms with Gasteiger partial charge in [-0.25, -0.2) is 8.42 Å². The van der Waals surface area contributed by atoms with Crippen LogP contribution in [0.1, 0.15) is 24.1 Å². The van der Waals surface area contributed by atoms with Crippen LogP contribution in [0.3, 0.4) is 0 Å². The van der Waals surface area contributed by atoms with Crippen LogP contribution in [-0.4, -0.2) is 41.5 Å². The van der Waals surface area contributed by atoms with Gasteiger partial charge in [0.15, 0.2) is 9.84 Å². The molecule has 168 valence electrons. The number of nitrogens with zero attached hydrogens (tertiary/aromatic N) is 2. The van der Waals surface area contributed by atoms with Crippen molar-refractivity contribution in [2.75, 3.05) is 6.26 Å². The maximum atomic E-state index is 12.0. The van der Waals surface area contributed by atoms with Crippen molar-refractivity contribution in [2.24, 2.45) is 0 Å². The third kappa shape index (κ3) is 4.65. The predicted octanol–water partition coefficient (Wildman–Crippen LogP) is 3.62. The fourth-order valence-electron chi connectivity index (χ4n) is 3.72. The molecule has 0 aliphatic heterocycles. The SMILES string of the molecule is Cc1c(C(C(=O)O)C(C)O[N+](=O)[O-])cc(-c2ccc(S(C)(=O)=O)cc2)n1-c1ccccc1. The first-order valence-electron chi connectivity index (χ1n) is 9.63. The van der Waals surface area contributed by atoms with Crippen LogP contribution in [0.25, 0.3) is 16.9 Å². The van der Waals surface area contributed by atoms with Crippen LogP contribution in [-0.2, 0) is 19.5 Å². The lowest BCUT2D eigenvalue weighted by Gasteiger charge is -2.19. The maximum absolute atomic E-state index is 12.0. The molecule has 0 radical (unpaired) electrons. The Morgan fingerprint density at radius 3 is 2.22 bits per heavy atom. The summed E-state index contributed by atoms with van der Waals surface area (Å²) in [6, 6.07) is 17.1. The van der Waals surface area contributed by atoms with Crippen molar-refractivity contribution in [2.45, 2.75) is 30.8 Å². The minimum atomic E-state index is -3.38. The zero-order chi connectivity index (χ0) is 23.6. The van der Waals surface area contributed by atoms with Crippen LogP contribution < -0.4 is 0 Å². The first-order valence-corrected chi connectivity index (χ1v) is 11.5. The second-order valence-corrected chi connectivity index (χ2v) is 9.40. The van der Waals surface area contributed by atoms with Gasteiger partial charge < -0.3 is 14.5 Å². The van der Waals surface area contributed by atoms with Crippen LogP contribution >= 0.6 is 0 Å². The molecule has 1 N–H and O–H groups in total. The Bertz CT molecular complexity index is 1250. The van der Waals surface area contributed by atoms with E-state index in [1.54, 1.807) is 25.1 Å². The summed E-state index contributed by atoms with van der Waals surface area (Å²) in [7, 11) is -3.38. The fourth-order valence-corrected chi connectivity index (χ4v) is 4.35. The van der Waals surface area contributed by atoms with Crippen molar-refractivity contribution in [1.82, 2.24) is 4.57 Å². The van der Waals surface area contributed by atoms with E-state index in [1.165, 1.54) is 19.1 Å². The van der Waals surface area contributed by atoms with E-state index in [9.17, 15) is 28.4 Å². The smallest absolute Gasteiger partial charge is 0.313 e. The van der Waals surface area contributed by atoms with Crippen molar-refractivity contribution in [3.8, 4) is 16.9 Å². The van der Waals surface area contributed by atoms with Gasteiger partial charge in [0, 0.05) is 17.6 Å². The molecule has 0 saturated carbocycles. The van der Waals surface area contributed by atoms with Gasteiger partial charge in [-0.3, -0.25) is 4.79 Å². The lowest BCUT2D eigenvalue weighted by molar-refractivity contribution is -0.768. The average Bonchev–Trinajstić information content (AvgIpc) is 3.04. The van der Waals surface area contributed by atoms with Crippen LogP contribution in [0.2, 0.25) is 0 Å². The molecule has 0 fully saturated rings. The van der Waals surface area contributed by atoms with Gasteiger partial charge in [0.2, 0.25) is 0 Å². The summed E-state index contributed by atoms with van der Waals surface area (Å²) in [6.45, 7) is 3.06. The first kappa shape index (κ1) is 23.0. The predicted molar refractivity (Wildman–Crippen MR) is 117 cm³/mol. The zero-order valence-electron chi connectivity index (χ0n) is 17.6. The molecule has 2 unspecified atom stereocenters. The molecule has 32 heavy (non-hydrogen) atoms. The number of para-hydroxylation sites is 1. The summed E-state index contributed by atoms with van der Waals surface area (Å²) in [5.41, 5.74) is 2.96. The Hall–Kier alpha value is -3.66. The average molecular weight is 458 g/mol. The monoisotopic (exact) mass is 458 g/mol. The zero-order valence-corrected chi connectivity index (χ0v) is 18.4. The minimum Gasteiger partial charge on any atom is -0.481 e. The number of aliphatic carboxylic acids is 1. The number of rotatable bonds is 8. The molecule has 0 aliphatic rings. The number of carbonyl (C=O) groups is 1. The van der Waals surface area contributed by atoms with E-state index in [0.29, 0.717) is 22.5 Å². The molecule has 0 spiro atoms. The van der Waals surface area contributed by atoms with E-state index in [1.807, 2.05) is 34.9 Å². The Kier molecular flexibility index (Phi) is 6.35. The van der Waals surface area contributed by atoms with Crippen molar-refractivity contribution >= 4 is 15.8 Å². The van der Waals surface area contributed by atoms with Gasteiger partial charge in [-0.15, -0.1) is 10.1 Å². The number of carboxylic acids is 1. The molecule has 2 atom stereocenters. The van der Waals surface area contributed by atoms with E-state index < -0.39 is 32.9 Å². The third-order valence-electron chi connectivity index (χ3n) is 5.20. The molecule has 1 heterocycles. The van der Waals surface area contributed by atoms with Crippen molar-refractivity contribution in [1.29, 1.82) is 0 Å². The number of aromatic nitrogens is 1. The largest absolute Gasteiger partial charge is 0.481 e. The Morgan fingerprint density at radius 1 is 1.12 bits per heavy atom. The standard InChI is InChI=1S/C22H22N2O7S/c1-14-19(21(22(25)26)15(2)31-24(27)28)13-20(23(14)17-7-5-4-6-8-17)16-9-11-18(12-10-16)32(3,29)30/h4-13,15,21H,1-3H3,(H,25,26). The lowest BCUT2D eigenvalue weighted by Crippen LogP contribution is -2.28. The molecule has 0 bridgehead atoms. The molecule has 0 amide bonds. The van der Waals surface area contributed by atoms with Crippen molar-refractivity contribution in [3.05, 3.63) is 82.0 Å². The summed E-state index contributed by atoms with van der Waals surface area (Å²) < 4.78 is 25.5. The van der Waals surface area contributed by atoms with E-state index in [4.69, 9.17) is 0 Å². The second kappa shape index (κ2) is 8.83. The van der Waals surface area contributed by atoms with Gasteiger partial charge in [0.25, 0.3) is 5.09 Å². The van der Waals surface area contributed by atoms with Crippen LogP contribution in [0.5, 0.6) is 0 Å². The highest BCUT2D eigenvalue weighted by Crippen LogP contribution is 2.35. The van der Waals surface area contributed by atoms with Crippen LogP contribution in [0.4, 0.5) is 0 Å². The topological polar surface area (TPSA) is 129 Å². The van der Waals surface area contributed by atoms with E-state index in [0.717, 1.165) is 11.9 Å². The number of sulfone groups is 1. The van der Waals surface area contributed by atoms with Crippen molar-refractivity contribution < 1.29 is 28.2 Å². The van der Waals surface area contributed by atoms with E-state index in [-0.39, 0.29) is 4.90 Å². The molecular formula is C22H22N2O7S. The normalized spacial score (nSPS) is 13.3. The number of carboxylic acid groups (broad SMARTS) is 1. The molecule has 3 rings (SSSR count). The van der Waals surface area contributed by atoms with Gasteiger partial charge in [-0.05, 0) is 55.3 Å². The Labute approximate surface area is 184 Å². The first-order chi connectivity index (χ1) is 15.0. The molecular weight excluding hydrogens is 436 g/mol. The summed E-state index contributed by atoms with van der Waals surface area (Å²) in [5, 5.41) is 19.6. The third-order valence-corrected chi connectivity index (χ3v) is 6.33. The van der Waals surface area contributed by atoms with Gasteiger partial charge in [0.1, 0.15) is 12.0 Å². The molecule has 0 aliphatic carbocycles. The molecule has 2 aromatic carbocycles. The quantitative estimate of drug-likeness (QED) is 0.403. The van der Waals surface area contributed by atoms with Gasteiger partial charge >= 0.3 is 5.97 Å². The van der Waals surface area contributed by atoms with Gasteiger partial charge in [-0.2, -0.15) is 0 Å². The van der Waals surface area contributed by atoms with E-state index in [2.05, 4.69) is 4.84 Å². The van der Waals surface area contributed by atoms with Crippen molar-refractivity contribution in [3.63, 3.8) is 0 Å². The Balaban J connectivity index is 2.23. The highest BCUT2D eigenvalue weighted by molar-refractivity contribution is 7.90. The fraction of sp³-hybridized carbons (Fsp3) is 0.227. The molecule has 3 aromatic rings. The second-order valence-electron chi connectivity index (χ2n) is 7.39. The minimum absolute atomic E-state index is 0.160. The highest BCUT2D eigenvalue weighted by Gasteiger charge is 2.33. The summed E-state index contributed by atoms with van der Waals surface area (Å²) in [5.74, 6) is -2.55. The van der Waals surface area contributed by atoms with Gasteiger partial charge in [0.05, 0.1) is 10.6 Å². The lowest BCUT2D eigenvalue weighted by atomic mass is 9.94. The van der Waals surface area contributed by atoms with Crippen LogP contribution in [0.15, 0.2) is 65.6 Å². The van der Waals surface area contributed by atoms with E-state index >= 15 is 0 Å². The van der Waals surface area contributed by atoms with Crippen LogP contribution in [0, 0.1) is 17.0 Å². The number of hydrogen-bond donors (Lipinski definition) is 1. The number of benzene rings is 2. The number of hydrogen-bond acceptors (Lipinski definition) is 6.